The van der Waals surface area contributed by atoms with Gasteiger partial charge in [-0.1, -0.05) is 109 Å². The number of benzene rings is 8. The lowest BCUT2D eigenvalue weighted by Gasteiger charge is -2.12. The van der Waals surface area contributed by atoms with Gasteiger partial charge < -0.3 is 10.2 Å². The maximum atomic E-state index is 6.62. The number of hydrogen-bond acceptors (Lipinski definition) is 2. The highest BCUT2D eigenvalue weighted by molar-refractivity contribution is 6.15. The minimum atomic E-state index is 0.456. The third kappa shape index (κ3) is 3.71. The zero-order valence-electron chi connectivity index (χ0n) is 23.5. The van der Waals surface area contributed by atoms with Crippen molar-refractivity contribution >= 4 is 65.0 Å². The summed E-state index contributed by atoms with van der Waals surface area (Å²) in [5.41, 5.74) is 13.6. The van der Waals surface area contributed by atoms with Gasteiger partial charge >= 0.3 is 0 Å². The first-order valence-corrected chi connectivity index (χ1v) is 14.8. The maximum Gasteiger partial charge on any atom is 0.143 e. The highest BCUT2D eigenvalue weighted by Gasteiger charge is 2.18. The molecule has 2 N–H and O–H groups in total. The topological polar surface area (TPSA) is 39.2 Å². The van der Waals surface area contributed by atoms with E-state index in [9.17, 15) is 0 Å². The smallest absolute Gasteiger partial charge is 0.143 e. The third-order valence-electron chi connectivity index (χ3n) is 9.04. The Hall–Kier alpha value is -5.44. The van der Waals surface area contributed by atoms with Gasteiger partial charge in [-0.05, 0) is 95.7 Å². The van der Waals surface area contributed by atoms with Crippen molar-refractivity contribution in [3.8, 4) is 22.3 Å². The van der Waals surface area contributed by atoms with Crippen LogP contribution >= 0.6 is 0 Å². The van der Waals surface area contributed by atoms with Crippen LogP contribution in [0.4, 0.5) is 0 Å². The molecule has 0 aliphatic rings. The molecule has 1 heterocycles. The quantitative estimate of drug-likeness (QED) is 0.223. The van der Waals surface area contributed by atoms with Crippen LogP contribution in [0.15, 0.2) is 144 Å². The Bertz CT molecular complexity index is 2550. The van der Waals surface area contributed by atoms with Gasteiger partial charge in [-0.3, -0.25) is 0 Å². The van der Waals surface area contributed by atoms with Crippen molar-refractivity contribution in [1.29, 1.82) is 0 Å². The van der Waals surface area contributed by atoms with Crippen LogP contribution in [0.5, 0.6) is 0 Å². The number of nitrogens with two attached hydrogens (primary N) is 1. The summed E-state index contributed by atoms with van der Waals surface area (Å²) in [5, 5.41) is 12.2. The van der Waals surface area contributed by atoms with Gasteiger partial charge in [-0.2, -0.15) is 0 Å². The molecule has 0 fully saturated rings. The minimum absolute atomic E-state index is 0.456. The zero-order chi connectivity index (χ0) is 28.5. The summed E-state index contributed by atoms with van der Waals surface area (Å²) in [7, 11) is 0. The minimum Gasteiger partial charge on any atom is -0.455 e. The van der Waals surface area contributed by atoms with Gasteiger partial charge in [0.15, 0.2) is 0 Å². The van der Waals surface area contributed by atoms with E-state index in [0.717, 1.165) is 44.2 Å². The maximum absolute atomic E-state index is 6.62. The molecule has 8 aromatic carbocycles. The molecule has 0 unspecified atom stereocenters. The number of furan rings is 1. The summed E-state index contributed by atoms with van der Waals surface area (Å²) in [6, 6.07) is 50.4. The predicted octanol–water partition coefficient (Wildman–Crippen LogP) is 11.0. The molecule has 0 atom stereocenters. The molecule has 0 saturated heterocycles. The normalized spacial score (nSPS) is 11.9. The molecule has 2 heteroatoms. The van der Waals surface area contributed by atoms with Crippen LogP contribution in [-0.4, -0.2) is 0 Å². The highest BCUT2D eigenvalue weighted by atomic mass is 16.3. The fourth-order valence-electron chi connectivity index (χ4n) is 6.93. The third-order valence-corrected chi connectivity index (χ3v) is 9.04. The van der Waals surface area contributed by atoms with Gasteiger partial charge in [0.2, 0.25) is 0 Å². The van der Waals surface area contributed by atoms with E-state index >= 15 is 0 Å². The van der Waals surface area contributed by atoms with Crippen molar-refractivity contribution in [3.63, 3.8) is 0 Å². The number of hydrogen-bond donors (Lipinski definition) is 1. The Kier molecular flexibility index (Phi) is 5.22. The second-order valence-electron chi connectivity index (χ2n) is 11.4. The van der Waals surface area contributed by atoms with E-state index < -0.39 is 0 Å². The van der Waals surface area contributed by atoms with Gasteiger partial charge in [-0.15, -0.1) is 0 Å². The van der Waals surface area contributed by atoms with Crippen molar-refractivity contribution in [2.75, 3.05) is 0 Å². The predicted molar refractivity (Wildman–Crippen MR) is 183 cm³/mol. The molecule has 0 amide bonds. The van der Waals surface area contributed by atoms with E-state index in [0.29, 0.717) is 6.54 Å². The molecule has 1 aromatic heterocycles. The zero-order valence-corrected chi connectivity index (χ0v) is 23.5. The fraction of sp³-hybridized carbons (Fsp3) is 0.0244. The van der Waals surface area contributed by atoms with E-state index in [4.69, 9.17) is 10.2 Å². The summed E-state index contributed by atoms with van der Waals surface area (Å²) in [5.74, 6) is 0. The van der Waals surface area contributed by atoms with E-state index in [1.54, 1.807) is 0 Å². The lowest BCUT2D eigenvalue weighted by Crippen LogP contribution is -1.96. The average Bonchev–Trinajstić information content (AvgIpc) is 3.46. The Morgan fingerprint density at radius 1 is 0.442 bits per heavy atom. The van der Waals surface area contributed by atoms with Gasteiger partial charge in [0.05, 0.1) is 0 Å². The molecule has 0 aliphatic carbocycles. The van der Waals surface area contributed by atoms with Crippen LogP contribution in [-0.2, 0) is 6.54 Å². The average molecular weight is 550 g/mol. The molecule has 0 bridgehead atoms. The summed E-state index contributed by atoms with van der Waals surface area (Å²) >= 11 is 0. The number of fused-ring (bicyclic) bond motifs is 9. The van der Waals surface area contributed by atoms with Gasteiger partial charge in [0.1, 0.15) is 11.2 Å². The molecule has 9 aromatic rings. The summed E-state index contributed by atoms with van der Waals surface area (Å²) < 4.78 is 6.62. The number of rotatable bonds is 3. The Morgan fingerprint density at radius 2 is 1.05 bits per heavy atom. The van der Waals surface area contributed by atoms with Crippen LogP contribution in [0.3, 0.4) is 0 Å². The second-order valence-corrected chi connectivity index (χ2v) is 11.4. The first-order valence-electron chi connectivity index (χ1n) is 14.8. The monoisotopic (exact) mass is 549 g/mol. The first kappa shape index (κ1) is 24.2. The van der Waals surface area contributed by atoms with Crippen LogP contribution in [0.25, 0.3) is 87.3 Å². The van der Waals surface area contributed by atoms with Crippen molar-refractivity contribution < 1.29 is 4.42 Å². The highest BCUT2D eigenvalue weighted by Crippen LogP contribution is 2.42. The summed E-state index contributed by atoms with van der Waals surface area (Å²) in [6.07, 6.45) is 0. The molecule has 0 radical (unpaired) electrons. The van der Waals surface area contributed by atoms with Gasteiger partial charge in [0, 0.05) is 22.9 Å². The first-order chi connectivity index (χ1) is 21.2. The molecule has 0 aliphatic heterocycles. The molecule has 202 valence electrons. The van der Waals surface area contributed by atoms with E-state index in [1.165, 1.54) is 48.7 Å². The van der Waals surface area contributed by atoms with Crippen molar-refractivity contribution in [2.24, 2.45) is 5.73 Å². The molecule has 0 saturated carbocycles. The van der Waals surface area contributed by atoms with Crippen LogP contribution in [0, 0.1) is 0 Å². The molecular formula is C41H27NO. The van der Waals surface area contributed by atoms with Gasteiger partial charge in [0.25, 0.3) is 0 Å². The molecular weight excluding hydrogens is 522 g/mol. The Morgan fingerprint density at radius 3 is 1.74 bits per heavy atom. The van der Waals surface area contributed by atoms with E-state index in [1.807, 2.05) is 12.1 Å². The van der Waals surface area contributed by atoms with Crippen LogP contribution in [0.1, 0.15) is 5.56 Å². The summed E-state index contributed by atoms with van der Waals surface area (Å²) in [6.45, 7) is 0.456. The van der Waals surface area contributed by atoms with Crippen molar-refractivity contribution in [2.45, 2.75) is 6.54 Å². The Labute approximate surface area is 248 Å². The van der Waals surface area contributed by atoms with Crippen LogP contribution < -0.4 is 5.73 Å². The van der Waals surface area contributed by atoms with E-state index in [-0.39, 0.29) is 0 Å². The molecule has 0 spiro atoms. The lowest BCUT2D eigenvalue weighted by molar-refractivity contribution is 0.669. The van der Waals surface area contributed by atoms with Gasteiger partial charge in [-0.25, -0.2) is 0 Å². The molecule has 2 nitrogen and oxygen atoms in total. The standard InChI is InChI=1S/C41H27NO/c42-24-31-8-5-11-39-40(31)38-23-32(27-16-18-35-28(20-27)14-12-25-6-1-3-9-33(25)35)22-37(41(38)43-39)30-17-19-36-29(21-30)15-13-26-7-2-4-10-34(26)36/h1-23H,24,42H2. The Balaban J connectivity index is 1.32. The second kappa shape index (κ2) is 9.29. The van der Waals surface area contributed by atoms with Crippen molar-refractivity contribution in [1.82, 2.24) is 0 Å². The van der Waals surface area contributed by atoms with Crippen molar-refractivity contribution in [3.05, 3.63) is 145 Å². The summed E-state index contributed by atoms with van der Waals surface area (Å²) in [4.78, 5) is 0. The van der Waals surface area contributed by atoms with E-state index in [2.05, 4.69) is 127 Å². The van der Waals surface area contributed by atoms with Crippen LogP contribution in [0.2, 0.25) is 0 Å². The SMILES string of the molecule is NCc1cccc2oc3c(-c4ccc5c(ccc6ccccc65)c4)cc(-c4ccc5c(ccc6ccccc65)c4)cc3c12. The molecule has 43 heavy (non-hydrogen) atoms. The largest absolute Gasteiger partial charge is 0.455 e. The fourth-order valence-corrected chi connectivity index (χ4v) is 6.93. The lowest BCUT2D eigenvalue weighted by atomic mass is 9.92. The molecule has 9 rings (SSSR count).